The van der Waals surface area contributed by atoms with E-state index in [0.29, 0.717) is 21.9 Å². The van der Waals surface area contributed by atoms with Gasteiger partial charge in [-0.05, 0) is 36.1 Å². The summed E-state index contributed by atoms with van der Waals surface area (Å²) in [6.45, 7) is 1.46. The van der Waals surface area contributed by atoms with Gasteiger partial charge in [-0.15, -0.1) is 0 Å². The number of hydrogen-bond acceptors (Lipinski definition) is 5. The van der Waals surface area contributed by atoms with Gasteiger partial charge >= 0.3 is 0 Å². The van der Waals surface area contributed by atoms with Gasteiger partial charge in [0, 0.05) is 54.6 Å². The van der Waals surface area contributed by atoms with E-state index in [4.69, 9.17) is 4.74 Å². The Morgan fingerprint density at radius 2 is 1.82 bits per heavy atom. The van der Waals surface area contributed by atoms with Gasteiger partial charge in [-0.25, -0.2) is 12.8 Å². The van der Waals surface area contributed by atoms with Crippen LogP contribution in [0.25, 0.3) is 33.0 Å². The van der Waals surface area contributed by atoms with Crippen LogP contribution in [0.15, 0.2) is 53.7 Å². The minimum Gasteiger partial charge on any atom is -0.496 e. The van der Waals surface area contributed by atoms with Crippen molar-refractivity contribution in [2.75, 3.05) is 17.6 Å². The molecule has 0 radical (unpaired) electrons. The van der Waals surface area contributed by atoms with Crippen molar-refractivity contribution in [3.8, 4) is 28.0 Å². The van der Waals surface area contributed by atoms with Gasteiger partial charge in [0.15, 0.2) is 5.82 Å². The second kappa shape index (κ2) is 8.36. The number of nitrogens with zero attached hydrogens (tertiary/aromatic N) is 3. The number of fused-ring (bicyclic) bond motifs is 1. The molecule has 1 N–H and O–H groups in total. The fraction of sp³-hybridized carbons (Fsp3) is 0.217. The summed E-state index contributed by atoms with van der Waals surface area (Å²) in [4.78, 5) is 12.8. The average molecular weight is 471 g/mol. The van der Waals surface area contributed by atoms with E-state index >= 15 is 0 Å². The van der Waals surface area contributed by atoms with Crippen LogP contribution < -0.4 is 15.0 Å². The minimum absolute atomic E-state index is 0.195. The van der Waals surface area contributed by atoms with Gasteiger partial charge in [0.05, 0.1) is 24.7 Å². The normalized spacial score (nSPS) is 11.7. The predicted octanol–water partition coefficient (Wildman–Crippen LogP) is 3.52. The molecule has 172 valence electrons. The van der Waals surface area contributed by atoms with E-state index in [0.717, 1.165) is 17.2 Å². The summed E-state index contributed by atoms with van der Waals surface area (Å²) in [7, 11) is 1.13. The second-order valence-corrected chi connectivity index (χ2v) is 9.67. The third-order valence-electron chi connectivity index (χ3n) is 5.45. The van der Waals surface area contributed by atoms with Crippen molar-refractivity contribution < 1.29 is 17.5 Å². The molecule has 0 fully saturated rings. The molecule has 0 aliphatic rings. The molecule has 4 rings (SSSR count). The van der Waals surface area contributed by atoms with Crippen LogP contribution >= 0.6 is 0 Å². The molecule has 0 saturated heterocycles. The molecular formula is C23H23FN4O4S. The minimum atomic E-state index is -3.71. The number of hydrogen-bond donors (Lipinski definition) is 1. The molecule has 0 amide bonds. The number of pyridine rings is 1. The fourth-order valence-electron chi connectivity index (χ4n) is 3.68. The van der Waals surface area contributed by atoms with Gasteiger partial charge in [0.1, 0.15) is 5.75 Å². The van der Waals surface area contributed by atoms with E-state index in [9.17, 15) is 17.6 Å². The quantitative estimate of drug-likeness (QED) is 0.465. The van der Waals surface area contributed by atoms with Crippen molar-refractivity contribution in [1.29, 1.82) is 0 Å². The van der Waals surface area contributed by atoms with Gasteiger partial charge in [0.2, 0.25) is 10.0 Å². The molecule has 10 heteroatoms. The number of anilines is 1. The standard InChI is InChI=1S/C23H23FN4O4S/c1-5-33(30,31)26-21-9-18(22(32-4)10-20(21)24)19-13-27(2)23(29)16-7-6-14(8-17(16)19)15-11-25-28(3)12-15/h6-13,26H,5H2,1-4H3. The lowest BCUT2D eigenvalue weighted by atomic mass is 9.96. The monoisotopic (exact) mass is 470 g/mol. The highest BCUT2D eigenvalue weighted by atomic mass is 32.2. The third kappa shape index (κ3) is 4.21. The van der Waals surface area contributed by atoms with E-state index < -0.39 is 15.8 Å². The first-order valence-corrected chi connectivity index (χ1v) is 11.8. The van der Waals surface area contributed by atoms with Crippen molar-refractivity contribution in [2.45, 2.75) is 6.92 Å². The van der Waals surface area contributed by atoms with Crippen molar-refractivity contribution in [3.63, 3.8) is 0 Å². The van der Waals surface area contributed by atoms with Gasteiger partial charge in [0.25, 0.3) is 5.56 Å². The van der Waals surface area contributed by atoms with Crippen LogP contribution in [0, 0.1) is 5.82 Å². The molecule has 33 heavy (non-hydrogen) atoms. The first kappa shape index (κ1) is 22.5. The van der Waals surface area contributed by atoms with Crippen LogP contribution in [0.4, 0.5) is 10.1 Å². The maximum atomic E-state index is 14.7. The first-order valence-electron chi connectivity index (χ1n) is 10.1. The maximum absolute atomic E-state index is 14.7. The first-order chi connectivity index (χ1) is 15.6. The third-order valence-corrected chi connectivity index (χ3v) is 6.74. The highest BCUT2D eigenvalue weighted by molar-refractivity contribution is 7.92. The second-order valence-electron chi connectivity index (χ2n) is 7.66. The summed E-state index contributed by atoms with van der Waals surface area (Å²) in [5, 5.41) is 5.28. The smallest absolute Gasteiger partial charge is 0.258 e. The highest BCUT2D eigenvalue weighted by Gasteiger charge is 2.19. The Hall–Kier alpha value is -3.66. The van der Waals surface area contributed by atoms with Crippen molar-refractivity contribution in [3.05, 3.63) is 65.1 Å². The number of halogens is 1. The largest absolute Gasteiger partial charge is 0.496 e. The molecule has 0 saturated carbocycles. The van der Waals surface area contributed by atoms with E-state index in [2.05, 4.69) is 9.82 Å². The molecule has 2 heterocycles. The van der Waals surface area contributed by atoms with Crippen LogP contribution in [0.1, 0.15) is 6.92 Å². The van der Waals surface area contributed by atoms with Gasteiger partial charge in [-0.2, -0.15) is 5.10 Å². The van der Waals surface area contributed by atoms with Crippen LogP contribution in [-0.2, 0) is 24.1 Å². The van der Waals surface area contributed by atoms with Crippen LogP contribution in [0.5, 0.6) is 5.75 Å². The summed E-state index contributed by atoms with van der Waals surface area (Å²) in [6, 6.07) is 7.96. The molecule has 0 unspecified atom stereocenters. The van der Waals surface area contributed by atoms with Crippen molar-refractivity contribution >= 4 is 26.5 Å². The summed E-state index contributed by atoms with van der Waals surface area (Å²) in [6.07, 6.45) is 5.21. The topological polar surface area (TPSA) is 95.2 Å². The fourth-order valence-corrected chi connectivity index (χ4v) is 4.32. The van der Waals surface area contributed by atoms with Crippen LogP contribution in [0.3, 0.4) is 0 Å². The lowest BCUT2D eigenvalue weighted by molar-refractivity contribution is 0.413. The number of aryl methyl sites for hydroxylation is 2. The number of rotatable bonds is 6. The summed E-state index contributed by atoms with van der Waals surface area (Å²) < 4.78 is 49.6. The Balaban J connectivity index is 2.02. The number of nitrogens with one attached hydrogen (secondary N) is 1. The molecule has 2 aromatic carbocycles. The Morgan fingerprint density at radius 1 is 1.06 bits per heavy atom. The van der Waals surface area contributed by atoms with Crippen molar-refractivity contribution in [1.82, 2.24) is 14.3 Å². The van der Waals surface area contributed by atoms with E-state index in [1.54, 1.807) is 30.2 Å². The number of aromatic nitrogens is 3. The molecule has 0 aliphatic carbocycles. The number of ether oxygens (including phenoxy) is 1. The van der Waals surface area contributed by atoms with Crippen molar-refractivity contribution in [2.24, 2.45) is 14.1 Å². The molecule has 0 aliphatic heterocycles. The molecule has 4 aromatic rings. The maximum Gasteiger partial charge on any atom is 0.258 e. The van der Waals surface area contributed by atoms with E-state index in [1.165, 1.54) is 24.7 Å². The summed E-state index contributed by atoms with van der Waals surface area (Å²) in [5.74, 6) is -0.762. The molecule has 2 aromatic heterocycles. The van der Waals surface area contributed by atoms with E-state index in [1.807, 2.05) is 25.4 Å². The SMILES string of the molecule is CCS(=O)(=O)Nc1cc(-c2cn(C)c(=O)c3ccc(-c4cnn(C)c4)cc23)c(OC)cc1F. The Kier molecular flexibility index (Phi) is 5.71. The Labute approximate surface area is 190 Å². The number of benzene rings is 2. The average Bonchev–Trinajstić information content (AvgIpc) is 3.23. The molecule has 8 nitrogen and oxygen atoms in total. The molecule has 0 spiro atoms. The van der Waals surface area contributed by atoms with Gasteiger partial charge in [-0.3, -0.25) is 14.2 Å². The van der Waals surface area contributed by atoms with Gasteiger partial charge in [-0.1, -0.05) is 6.07 Å². The molecule has 0 atom stereocenters. The van der Waals surface area contributed by atoms with Crippen LogP contribution in [-0.4, -0.2) is 35.6 Å². The zero-order chi connectivity index (χ0) is 23.9. The number of methoxy groups -OCH3 is 1. The van der Waals surface area contributed by atoms with Crippen LogP contribution in [0.2, 0.25) is 0 Å². The summed E-state index contributed by atoms with van der Waals surface area (Å²) >= 11 is 0. The number of sulfonamides is 1. The van der Waals surface area contributed by atoms with E-state index in [-0.39, 0.29) is 22.7 Å². The lowest BCUT2D eigenvalue weighted by Crippen LogP contribution is -2.17. The Morgan fingerprint density at radius 3 is 2.45 bits per heavy atom. The molecule has 0 bridgehead atoms. The zero-order valence-corrected chi connectivity index (χ0v) is 19.4. The predicted molar refractivity (Wildman–Crippen MR) is 126 cm³/mol. The zero-order valence-electron chi connectivity index (χ0n) is 18.6. The lowest BCUT2D eigenvalue weighted by Gasteiger charge is -2.16. The summed E-state index contributed by atoms with van der Waals surface area (Å²) in [5.41, 5.74) is 2.35. The highest BCUT2D eigenvalue weighted by Crippen LogP contribution is 2.38. The van der Waals surface area contributed by atoms with Gasteiger partial charge < -0.3 is 9.30 Å². The Bertz CT molecular complexity index is 1540. The molecular weight excluding hydrogens is 447 g/mol.